The highest BCUT2D eigenvalue weighted by Crippen LogP contribution is 2.80. The standard InChI is InChI=1S/C35H48O11/c1-13(2)9-22(37)44-29-27-20(43-27)11-19-25(38)26(39)23-16-10-18-24(32(16,6)21(42-15(4)36)12-17(23)31(19,29)5)14(3)28-35(45-28)33(18,7)34(8,41)30(40)46-35/h13-14,16-21,23-24,26-29,39,41H,9-12H2,1-8H3/t14-,16-,17?,18+,19+,20-,21-,23?,24-,26?,27-,28+,29-,31+,32+,33-,34+,35-/m0/s1. The fourth-order valence-electron chi connectivity index (χ4n) is 12.8. The van der Waals surface area contributed by atoms with Crippen LogP contribution in [0.4, 0.5) is 0 Å². The molecule has 3 saturated heterocycles. The molecule has 3 aliphatic heterocycles. The molecule has 0 amide bonds. The summed E-state index contributed by atoms with van der Waals surface area (Å²) in [4.78, 5) is 53.5. The quantitative estimate of drug-likeness (QED) is 0.263. The van der Waals surface area contributed by atoms with Gasteiger partial charge in [0.05, 0.1) is 11.5 Å². The number of Topliss-reactive ketones (excluding diaryl/α,β-unsaturated/α-hetero) is 1. The molecule has 0 bridgehead atoms. The largest absolute Gasteiger partial charge is 0.462 e. The van der Waals surface area contributed by atoms with E-state index in [1.807, 2.05) is 27.7 Å². The molecule has 2 N–H and O–H groups in total. The Labute approximate surface area is 269 Å². The average molecular weight is 645 g/mol. The number of carbonyl (C=O) groups excluding carboxylic acids is 4. The number of ketones is 1. The van der Waals surface area contributed by atoms with E-state index in [0.717, 1.165) is 0 Å². The smallest absolute Gasteiger partial charge is 0.341 e. The van der Waals surface area contributed by atoms with Gasteiger partial charge in [0, 0.05) is 30.1 Å². The van der Waals surface area contributed by atoms with Crippen molar-refractivity contribution in [2.45, 2.75) is 129 Å². The minimum absolute atomic E-state index is 0.0919. The van der Waals surface area contributed by atoms with Crippen molar-refractivity contribution in [1.29, 1.82) is 0 Å². The number of esters is 3. The first-order chi connectivity index (χ1) is 21.4. The summed E-state index contributed by atoms with van der Waals surface area (Å²) in [6.07, 6.45) is -1.98. The van der Waals surface area contributed by atoms with Crippen molar-refractivity contribution in [2.24, 2.45) is 63.6 Å². The summed E-state index contributed by atoms with van der Waals surface area (Å²) >= 11 is 0. The molecule has 11 nitrogen and oxygen atoms in total. The number of epoxide rings is 2. The molecule has 3 heterocycles. The van der Waals surface area contributed by atoms with Gasteiger partial charge < -0.3 is 33.9 Å². The molecule has 8 rings (SSSR count). The maximum absolute atomic E-state index is 14.3. The van der Waals surface area contributed by atoms with Crippen LogP contribution in [0.15, 0.2) is 0 Å². The predicted octanol–water partition coefficient (Wildman–Crippen LogP) is 2.57. The third-order valence-electron chi connectivity index (χ3n) is 15.0. The van der Waals surface area contributed by atoms with Crippen molar-refractivity contribution in [2.75, 3.05) is 0 Å². The minimum atomic E-state index is -1.83. The number of hydrogen-bond acceptors (Lipinski definition) is 11. The topological polar surface area (TPSA) is 161 Å². The van der Waals surface area contributed by atoms with Crippen molar-refractivity contribution in [3.05, 3.63) is 0 Å². The molecule has 8 fully saturated rings. The lowest BCUT2D eigenvalue weighted by molar-refractivity contribution is -0.230. The summed E-state index contributed by atoms with van der Waals surface area (Å²) in [7, 11) is 0. The Balaban J connectivity index is 1.26. The van der Waals surface area contributed by atoms with Gasteiger partial charge >= 0.3 is 17.9 Å². The van der Waals surface area contributed by atoms with Crippen LogP contribution < -0.4 is 0 Å². The molecule has 0 radical (unpaired) electrons. The molecule has 5 saturated carbocycles. The number of carbonyl (C=O) groups is 4. The highest BCUT2D eigenvalue weighted by atomic mass is 16.8. The lowest BCUT2D eigenvalue weighted by atomic mass is 9.42. The molecule has 11 heteroatoms. The van der Waals surface area contributed by atoms with E-state index in [4.69, 9.17) is 23.7 Å². The molecule has 5 aliphatic carbocycles. The molecular weight excluding hydrogens is 596 g/mol. The minimum Gasteiger partial charge on any atom is -0.462 e. The van der Waals surface area contributed by atoms with Gasteiger partial charge in [0.2, 0.25) is 5.79 Å². The molecule has 0 aromatic rings. The van der Waals surface area contributed by atoms with Crippen molar-refractivity contribution in [3.63, 3.8) is 0 Å². The zero-order chi connectivity index (χ0) is 33.3. The number of hydrogen-bond donors (Lipinski definition) is 2. The number of aliphatic hydroxyl groups excluding tert-OH is 1. The molecule has 18 atom stereocenters. The first-order valence-electron chi connectivity index (χ1n) is 17.2. The summed E-state index contributed by atoms with van der Waals surface area (Å²) in [6, 6.07) is 0. The summed E-state index contributed by atoms with van der Waals surface area (Å²) < 4.78 is 30.6. The molecular formula is C35H48O11. The van der Waals surface area contributed by atoms with Crippen LogP contribution in [0.2, 0.25) is 0 Å². The van der Waals surface area contributed by atoms with Crippen LogP contribution in [0, 0.1) is 63.6 Å². The second-order valence-corrected chi connectivity index (χ2v) is 17.2. The van der Waals surface area contributed by atoms with E-state index in [0.29, 0.717) is 19.3 Å². The number of aliphatic hydroxyl groups is 2. The molecule has 0 aromatic carbocycles. The van der Waals surface area contributed by atoms with E-state index in [9.17, 15) is 29.4 Å². The highest BCUT2D eigenvalue weighted by Gasteiger charge is 2.91. The van der Waals surface area contributed by atoms with Crippen LogP contribution in [-0.2, 0) is 42.9 Å². The molecule has 3 unspecified atom stereocenters. The maximum atomic E-state index is 14.3. The van der Waals surface area contributed by atoms with Gasteiger partial charge in [0.1, 0.15) is 30.5 Å². The number of rotatable bonds is 4. The van der Waals surface area contributed by atoms with Gasteiger partial charge in [0.15, 0.2) is 11.4 Å². The van der Waals surface area contributed by atoms with Crippen molar-refractivity contribution < 1.29 is 53.1 Å². The Hall–Kier alpha value is -2.08. The van der Waals surface area contributed by atoms with Gasteiger partial charge in [-0.1, -0.05) is 34.6 Å². The van der Waals surface area contributed by atoms with Crippen molar-refractivity contribution >= 4 is 23.7 Å². The zero-order valence-electron chi connectivity index (χ0n) is 28.0. The lowest BCUT2D eigenvalue weighted by Gasteiger charge is -2.63. The monoisotopic (exact) mass is 644 g/mol. The molecule has 0 aromatic heterocycles. The second-order valence-electron chi connectivity index (χ2n) is 17.2. The van der Waals surface area contributed by atoms with Crippen LogP contribution in [0.25, 0.3) is 0 Å². The molecule has 8 aliphatic rings. The third kappa shape index (κ3) is 3.39. The summed E-state index contributed by atoms with van der Waals surface area (Å²) in [5.41, 5.74) is -4.53. The maximum Gasteiger partial charge on any atom is 0.341 e. The molecule has 46 heavy (non-hydrogen) atoms. The first-order valence-corrected chi connectivity index (χ1v) is 17.2. The van der Waals surface area contributed by atoms with Gasteiger partial charge in [-0.3, -0.25) is 14.4 Å². The van der Waals surface area contributed by atoms with Crippen LogP contribution in [0.3, 0.4) is 0 Å². The van der Waals surface area contributed by atoms with E-state index < -0.39 is 75.8 Å². The predicted molar refractivity (Wildman–Crippen MR) is 157 cm³/mol. The molecule has 254 valence electrons. The van der Waals surface area contributed by atoms with Crippen molar-refractivity contribution in [1.82, 2.24) is 0 Å². The normalized spacial score (nSPS) is 58.7. The van der Waals surface area contributed by atoms with E-state index >= 15 is 0 Å². The Morgan fingerprint density at radius 1 is 1.00 bits per heavy atom. The Morgan fingerprint density at radius 2 is 1.67 bits per heavy atom. The lowest BCUT2D eigenvalue weighted by Crippen LogP contribution is -2.69. The van der Waals surface area contributed by atoms with E-state index in [1.54, 1.807) is 0 Å². The van der Waals surface area contributed by atoms with Crippen LogP contribution >= 0.6 is 0 Å². The number of ether oxygens (including phenoxy) is 5. The van der Waals surface area contributed by atoms with Crippen molar-refractivity contribution in [3.8, 4) is 0 Å². The summed E-state index contributed by atoms with van der Waals surface area (Å²) in [5.74, 6) is -5.23. The SMILES string of the molecule is CC(=O)O[C@H]1CC2C(C(O)C(=O)[C@H]3C[C@@H]4O[C@@H]4[C@H](OC(=O)CC(C)C)[C@]23C)[C@@H]2C[C@@H]3[C@H]([C@H](C)[C@H]4O[C@]45OC(=O)[C@@](C)(O)[C@]35C)[C@@]12C. The second kappa shape index (κ2) is 9.12. The highest BCUT2D eigenvalue weighted by molar-refractivity contribution is 5.88. The Kier molecular flexibility index (Phi) is 6.19. The average Bonchev–Trinajstić information content (AvgIpc) is 3.85. The van der Waals surface area contributed by atoms with E-state index in [1.165, 1.54) is 13.8 Å². The Morgan fingerprint density at radius 3 is 2.33 bits per heavy atom. The first kappa shape index (κ1) is 31.2. The fourth-order valence-corrected chi connectivity index (χ4v) is 12.8. The number of fused-ring (bicyclic) bond motifs is 9. The van der Waals surface area contributed by atoms with Crippen LogP contribution in [0.1, 0.15) is 81.1 Å². The Bertz CT molecular complexity index is 1420. The summed E-state index contributed by atoms with van der Waals surface area (Å²) in [6.45, 7) is 14.8. The van der Waals surface area contributed by atoms with Gasteiger partial charge in [0.25, 0.3) is 0 Å². The van der Waals surface area contributed by atoms with Crippen LogP contribution in [-0.4, -0.2) is 81.9 Å². The van der Waals surface area contributed by atoms with E-state index in [-0.39, 0.29) is 65.9 Å². The van der Waals surface area contributed by atoms with Gasteiger partial charge in [-0.05, 0) is 74.5 Å². The van der Waals surface area contributed by atoms with Gasteiger partial charge in [-0.15, -0.1) is 0 Å². The molecule has 1 spiro atoms. The van der Waals surface area contributed by atoms with Gasteiger partial charge in [-0.2, -0.15) is 0 Å². The fraction of sp³-hybridized carbons (Fsp3) is 0.886. The van der Waals surface area contributed by atoms with Gasteiger partial charge in [-0.25, -0.2) is 4.79 Å². The third-order valence-corrected chi connectivity index (χ3v) is 15.0. The summed E-state index contributed by atoms with van der Waals surface area (Å²) in [5, 5.41) is 23.8. The zero-order valence-corrected chi connectivity index (χ0v) is 28.0. The van der Waals surface area contributed by atoms with Crippen LogP contribution in [0.5, 0.6) is 0 Å². The van der Waals surface area contributed by atoms with E-state index in [2.05, 4.69) is 13.8 Å².